The first kappa shape index (κ1) is 17.2. The van der Waals surface area contributed by atoms with Crippen LogP contribution in [0.15, 0.2) is 76.2 Å². The van der Waals surface area contributed by atoms with E-state index in [4.69, 9.17) is 9.56 Å². The van der Waals surface area contributed by atoms with Crippen molar-refractivity contribution in [3.8, 4) is 34.1 Å². The van der Waals surface area contributed by atoms with Crippen LogP contribution in [0, 0.1) is 5.82 Å². The second-order valence-electron chi connectivity index (χ2n) is 5.86. The van der Waals surface area contributed by atoms with Crippen LogP contribution in [0.1, 0.15) is 0 Å². The van der Waals surface area contributed by atoms with Crippen molar-refractivity contribution < 1.29 is 17.2 Å². The van der Waals surface area contributed by atoms with Gasteiger partial charge in [-0.1, -0.05) is 12.1 Å². The minimum Gasteiger partial charge on any atom is -0.461 e. The van der Waals surface area contributed by atoms with Crippen molar-refractivity contribution in [2.75, 3.05) is 0 Å². The van der Waals surface area contributed by atoms with Crippen LogP contribution in [0.4, 0.5) is 4.39 Å². The third-order valence-corrected chi connectivity index (χ3v) is 4.98. The van der Waals surface area contributed by atoms with Crippen LogP contribution in [0.5, 0.6) is 0 Å². The first-order valence-electron chi connectivity index (χ1n) is 7.95. The number of primary sulfonamides is 1. The molecule has 0 fully saturated rings. The number of nitrogens with zero attached hydrogens (tertiary/aromatic N) is 1. The van der Waals surface area contributed by atoms with Gasteiger partial charge in [0.2, 0.25) is 10.0 Å². The highest BCUT2D eigenvalue weighted by Crippen LogP contribution is 2.33. The normalized spacial score (nSPS) is 11.6. The standard InChI is InChI=1S/C19H14FN3O3S/c20-14-7-3-12(4-8-14)17-18(23-19(22-17)16-2-1-11-26-16)13-5-9-15(10-6-13)27(21,24)25/h1-11H,(H,22,23)(H2,21,24,25). The Morgan fingerprint density at radius 3 is 2.22 bits per heavy atom. The fraction of sp³-hybridized carbons (Fsp3) is 0. The Morgan fingerprint density at radius 1 is 0.963 bits per heavy atom. The number of hydrogen-bond acceptors (Lipinski definition) is 4. The van der Waals surface area contributed by atoms with Crippen LogP contribution in [0.3, 0.4) is 0 Å². The molecule has 0 aliphatic rings. The summed E-state index contributed by atoms with van der Waals surface area (Å²) in [5, 5.41) is 5.15. The molecule has 3 N–H and O–H groups in total. The minimum atomic E-state index is -3.78. The molecule has 6 nitrogen and oxygen atoms in total. The topological polar surface area (TPSA) is 102 Å². The average molecular weight is 383 g/mol. The van der Waals surface area contributed by atoms with Gasteiger partial charge in [-0.25, -0.2) is 22.9 Å². The second kappa shape index (κ2) is 6.49. The van der Waals surface area contributed by atoms with Crippen LogP contribution in [-0.2, 0) is 10.0 Å². The Balaban J connectivity index is 1.86. The van der Waals surface area contributed by atoms with E-state index < -0.39 is 10.0 Å². The summed E-state index contributed by atoms with van der Waals surface area (Å²) in [5.74, 6) is 0.708. The lowest BCUT2D eigenvalue weighted by atomic mass is 10.1. The minimum absolute atomic E-state index is 0.0105. The molecular formula is C19H14FN3O3S. The molecule has 2 aromatic carbocycles. The summed E-state index contributed by atoms with van der Waals surface area (Å²) in [7, 11) is -3.78. The number of sulfonamides is 1. The van der Waals surface area contributed by atoms with Gasteiger partial charge < -0.3 is 9.40 Å². The Kier molecular flexibility index (Phi) is 4.14. The van der Waals surface area contributed by atoms with Crippen LogP contribution in [0.25, 0.3) is 34.1 Å². The lowest BCUT2D eigenvalue weighted by Crippen LogP contribution is -2.11. The van der Waals surface area contributed by atoms with Gasteiger partial charge in [0, 0.05) is 11.1 Å². The fourth-order valence-corrected chi connectivity index (χ4v) is 3.26. The molecule has 0 aliphatic carbocycles. The molecule has 0 aliphatic heterocycles. The van der Waals surface area contributed by atoms with E-state index in [1.807, 2.05) is 0 Å². The van der Waals surface area contributed by atoms with Crippen molar-refractivity contribution >= 4 is 10.0 Å². The van der Waals surface area contributed by atoms with Gasteiger partial charge in [0.15, 0.2) is 11.6 Å². The van der Waals surface area contributed by atoms with Crippen molar-refractivity contribution in [1.29, 1.82) is 0 Å². The van der Waals surface area contributed by atoms with Crippen molar-refractivity contribution in [3.63, 3.8) is 0 Å². The summed E-state index contributed by atoms with van der Waals surface area (Å²) < 4.78 is 41.6. The molecule has 2 aromatic heterocycles. The Bertz CT molecular complexity index is 1180. The van der Waals surface area contributed by atoms with E-state index in [1.54, 1.807) is 36.4 Å². The van der Waals surface area contributed by atoms with Crippen molar-refractivity contribution in [3.05, 3.63) is 72.7 Å². The zero-order valence-corrected chi connectivity index (χ0v) is 14.7. The van der Waals surface area contributed by atoms with Gasteiger partial charge in [-0.05, 0) is 48.5 Å². The maximum atomic E-state index is 13.3. The summed E-state index contributed by atoms with van der Waals surface area (Å²) in [6.07, 6.45) is 1.54. The predicted molar refractivity (Wildman–Crippen MR) is 98.5 cm³/mol. The number of nitrogens with two attached hydrogens (primary N) is 1. The number of halogens is 1. The maximum absolute atomic E-state index is 13.3. The SMILES string of the molecule is NS(=O)(=O)c1ccc(-c2nc(-c3ccco3)[nH]c2-c2ccc(F)cc2)cc1. The molecule has 0 atom stereocenters. The van der Waals surface area contributed by atoms with E-state index in [0.717, 1.165) is 5.56 Å². The first-order chi connectivity index (χ1) is 12.9. The molecule has 136 valence electrons. The number of hydrogen-bond donors (Lipinski definition) is 2. The summed E-state index contributed by atoms with van der Waals surface area (Å²) in [6.45, 7) is 0. The van der Waals surface area contributed by atoms with E-state index in [-0.39, 0.29) is 10.7 Å². The summed E-state index contributed by atoms with van der Waals surface area (Å²) in [6, 6.07) is 15.6. The number of aromatic amines is 1. The first-order valence-corrected chi connectivity index (χ1v) is 9.49. The highest BCUT2D eigenvalue weighted by Gasteiger charge is 2.17. The van der Waals surface area contributed by atoms with Crippen molar-refractivity contribution in [2.45, 2.75) is 4.90 Å². The molecule has 2 heterocycles. The molecule has 8 heteroatoms. The zero-order chi connectivity index (χ0) is 19.0. The zero-order valence-electron chi connectivity index (χ0n) is 13.9. The smallest absolute Gasteiger partial charge is 0.238 e. The van der Waals surface area contributed by atoms with E-state index in [0.29, 0.717) is 28.5 Å². The lowest BCUT2D eigenvalue weighted by Gasteiger charge is -2.04. The van der Waals surface area contributed by atoms with Gasteiger partial charge in [-0.2, -0.15) is 0 Å². The molecule has 0 saturated carbocycles. The molecule has 0 amide bonds. The Morgan fingerprint density at radius 2 is 1.63 bits per heavy atom. The van der Waals surface area contributed by atoms with Crippen molar-refractivity contribution in [1.82, 2.24) is 9.97 Å². The second-order valence-corrected chi connectivity index (χ2v) is 7.42. The molecule has 4 aromatic rings. The number of H-pyrrole nitrogens is 1. The molecular weight excluding hydrogens is 369 g/mol. The average Bonchev–Trinajstić information content (AvgIpc) is 3.31. The van der Waals surface area contributed by atoms with Gasteiger partial charge in [-0.3, -0.25) is 0 Å². The number of benzene rings is 2. The maximum Gasteiger partial charge on any atom is 0.238 e. The summed E-state index contributed by atoms with van der Waals surface area (Å²) in [4.78, 5) is 7.79. The number of imidazole rings is 1. The third-order valence-electron chi connectivity index (χ3n) is 4.05. The molecule has 0 unspecified atom stereocenters. The monoisotopic (exact) mass is 383 g/mol. The number of aromatic nitrogens is 2. The lowest BCUT2D eigenvalue weighted by molar-refractivity contribution is 0.578. The van der Waals surface area contributed by atoms with E-state index in [9.17, 15) is 12.8 Å². The van der Waals surface area contributed by atoms with Crippen LogP contribution in [-0.4, -0.2) is 18.4 Å². The van der Waals surface area contributed by atoms with Crippen molar-refractivity contribution in [2.24, 2.45) is 5.14 Å². The van der Waals surface area contributed by atoms with Gasteiger partial charge in [0.05, 0.1) is 22.5 Å². The third kappa shape index (κ3) is 3.40. The Labute approximate surface area is 154 Å². The quantitative estimate of drug-likeness (QED) is 0.560. The van der Waals surface area contributed by atoms with Gasteiger partial charge >= 0.3 is 0 Å². The van der Waals surface area contributed by atoms with E-state index >= 15 is 0 Å². The molecule has 0 radical (unpaired) electrons. The number of furan rings is 1. The molecule has 27 heavy (non-hydrogen) atoms. The van der Waals surface area contributed by atoms with Crippen LogP contribution < -0.4 is 5.14 Å². The van der Waals surface area contributed by atoms with Gasteiger partial charge in [0.25, 0.3) is 0 Å². The molecule has 4 rings (SSSR count). The highest BCUT2D eigenvalue weighted by molar-refractivity contribution is 7.89. The summed E-state index contributed by atoms with van der Waals surface area (Å²) >= 11 is 0. The van der Waals surface area contributed by atoms with E-state index in [1.165, 1.54) is 30.5 Å². The number of nitrogens with one attached hydrogen (secondary N) is 1. The van der Waals surface area contributed by atoms with Crippen LogP contribution >= 0.6 is 0 Å². The number of rotatable bonds is 4. The summed E-state index contributed by atoms with van der Waals surface area (Å²) in [5.41, 5.74) is 2.64. The molecule has 0 saturated heterocycles. The highest BCUT2D eigenvalue weighted by atomic mass is 32.2. The molecule has 0 spiro atoms. The van der Waals surface area contributed by atoms with Crippen LogP contribution in [0.2, 0.25) is 0 Å². The van der Waals surface area contributed by atoms with E-state index in [2.05, 4.69) is 9.97 Å². The fourth-order valence-electron chi connectivity index (χ4n) is 2.74. The van der Waals surface area contributed by atoms with Gasteiger partial charge in [0.1, 0.15) is 5.82 Å². The van der Waals surface area contributed by atoms with Gasteiger partial charge in [-0.15, -0.1) is 0 Å². The Hall–Kier alpha value is -3.23. The largest absolute Gasteiger partial charge is 0.461 e. The predicted octanol–water partition coefficient (Wildman–Crippen LogP) is 3.79. The molecule has 0 bridgehead atoms.